The summed E-state index contributed by atoms with van der Waals surface area (Å²) in [6.45, 7) is 0.502. The van der Waals surface area contributed by atoms with Crippen molar-refractivity contribution >= 4 is 11.6 Å². The number of rotatable bonds is 5. The second kappa shape index (κ2) is 8.57. The summed E-state index contributed by atoms with van der Waals surface area (Å²) < 4.78 is 29.5. The number of benzene rings is 1. The molecule has 23 heavy (non-hydrogen) atoms. The second-order valence-corrected chi connectivity index (χ2v) is 4.56. The molecule has 0 aliphatic heterocycles. The Morgan fingerprint density at radius 2 is 1.87 bits per heavy atom. The monoisotopic (exact) mass is 327 g/mol. The minimum Gasteiger partial charge on any atom is -0.435 e. The van der Waals surface area contributed by atoms with Gasteiger partial charge < -0.3 is 19.6 Å². The van der Waals surface area contributed by atoms with E-state index in [4.69, 9.17) is 0 Å². The van der Waals surface area contributed by atoms with E-state index in [2.05, 4.69) is 9.84 Å². The van der Waals surface area contributed by atoms with Gasteiger partial charge in [-0.1, -0.05) is 12.1 Å². The molecule has 0 unspecified atom stereocenters. The Kier molecular flexibility index (Phi) is 6.78. The summed E-state index contributed by atoms with van der Waals surface area (Å²) in [5, 5.41) is 14.2. The summed E-state index contributed by atoms with van der Waals surface area (Å²) in [6, 6.07) is 7.27. The molecule has 0 saturated heterocycles. The highest BCUT2D eigenvalue weighted by molar-refractivity contribution is 5.72. The quantitative estimate of drug-likeness (QED) is 0.622. The Hall–Kier alpha value is -2.84. The van der Waals surface area contributed by atoms with E-state index in [1.54, 1.807) is 12.1 Å². The summed E-state index contributed by atoms with van der Waals surface area (Å²) in [7, 11) is 0. The SMILES string of the molecule is CC(C)=O.O=[N+]([O-])c1ccn(Cc2ccc(OC(F)F)cc2)n1. The predicted octanol–water partition coefficient (Wildman–Crippen LogP) is 3.04. The Balaban J connectivity index is 0.000000593. The van der Waals surface area contributed by atoms with Crippen molar-refractivity contribution in [2.45, 2.75) is 27.0 Å². The van der Waals surface area contributed by atoms with Crippen LogP contribution in [0, 0.1) is 10.1 Å². The number of carbonyl (C=O) groups excluding carboxylic acids is 1. The van der Waals surface area contributed by atoms with Crippen molar-refractivity contribution < 1.29 is 23.2 Å². The zero-order valence-electron chi connectivity index (χ0n) is 12.5. The van der Waals surface area contributed by atoms with Crippen LogP contribution in [-0.4, -0.2) is 27.1 Å². The third-order valence-electron chi connectivity index (χ3n) is 2.31. The van der Waals surface area contributed by atoms with Crippen LogP contribution in [-0.2, 0) is 11.3 Å². The van der Waals surface area contributed by atoms with Crippen LogP contribution in [0.4, 0.5) is 14.6 Å². The first-order valence-electron chi connectivity index (χ1n) is 6.46. The van der Waals surface area contributed by atoms with Crippen molar-refractivity contribution in [3.8, 4) is 5.75 Å². The highest BCUT2D eigenvalue weighted by atomic mass is 19.3. The van der Waals surface area contributed by atoms with Gasteiger partial charge in [0.2, 0.25) is 0 Å². The Morgan fingerprint density at radius 1 is 1.30 bits per heavy atom. The van der Waals surface area contributed by atoms with Gasteiger partial charge >= 0.3 is 12.4 Å². The summed E-state index contributed by atoms with van der Waals surface area (Å²) in [6.07, 6.45) is 1.47. The number of alkyl halides is 2. The fraction of sp³-hybridized carbons (Fsp3) is 0.286. The average molecular weight is 327 g/mol. The maximum absolute atomic E-state index is 11.9. The molecule has 0 saturated carbocycles. The first kappa shape index (κ1) is 18.2. The third-order valence-corrected chi connectivity index (χ3v) is 2.31. The summed E-state index contributed by atoms with van der Waals surface area (Å²) >= 11 is 0. The van der Waals surface area contributed by atoms with E-state index in [9.17, 15) is 23.7 Å². The zero-order chi connectivity index (χ0) is 17.4. The number of nitrogens with zero attached hydrogens (tertiary/aromatic N) is 3. The summed E-state index contributed by atoms with van der Waals surface area (Å²) in [5.41, 5.74) is 0.764. The minimum absolute atomic E-state index is 0.0604. The largest absolute Gasteiger partial charge is 0.435 e. The van der Waals surface area contributed by atoms with Crippen LogP contribution < -0.4 is 4.74 Å². The molecule has 0 N–H and O–H groups in total. The Bertz CT molecular complexity index is 652. The van der Waals surface area contributed by atoms with Gasteiger partial charge in [-0.05, 0) is 36.5 Å². The van der Waals surface area contributed by atoms with Gasteiger partial charge in [0.1, 0.15) is 11.5 Å². The van der Waals surface area contributed by atoms with Gasteiger partial charge in [0.25, 0.3) is 0 Å². The first-order chi connectivity index (χ1) is 10.8. The molecular weight excluding hydrogens is 312 g/mol. The average Bonchev–Trinajstić information content (AvgIpc) is 2.88. The lowest BCUT2D eigenvalue weighted by molar-refractivity contribution is -0.389. The van der Waals surface area contributed by atoms with Crippen molar-refractivity contribution in [1.82, 2.24) is 9.78 Å². The van der Waals surface area contributed by atoms with E-state index in [0.717, 1.165) is 5.56 Å². The normalized spacial score (nSPS) is 9.96. The van der Waals surface area contributed by atoms with Crippen LogP contribution in [0.2, 0.25) is 0 Å². The molecule has 1 aromatic carbocycles. The number of Topliss-reactive ketones (excluding diaryl/α,β-unsaturated/α-hetero) is 1. The molecule has 9 heteroatoms. The number of ketones is 1. The van der Waals surface area contributed by atoms with Crippen LogP contribution in [0.15, 0.2) is 36.5 Å². The maximum atomic E-state index is 11.9. The molecule has 0 spiro atoms. The molecule has 0 atom stereocenters. The lowest BCUT2D eigenvalue weighted by atomic mass is 10.2. The molecule has 1 heterocycles. The van der Waals surface area contributed by atoms with Crippen molar-refractivity contribution in [3.63, 3.8) is 0 Å². The molecule has 0 amide bonds. The number of halogens is 2. The van der Waals surface area contributed by atoms with Gasteiger partial charge in [0.15, 0.2) is 0 Å². The fourth-order valence-corrected chi connectivity index (χ4v) is 1.50. The molecule has 0 aliphatic carbocycles. The van der Waals surface area contributed by atoms with Crippen molar-refractivity contribution in [2.75, 3.05) is 0 Å². The third kappa shape index (κ3) is 7.11. The van der Waals surface area contributed by atoms with E-state index < -0.39 is 11.5 Å². The fourth-order valence-electron chi connectivity index (χ4n) is 1.50. The van der Waals surface area contributed by atoms with E-state index in [0.29, 0.717) is 6.54 Å². The Morgan fingerprint density at radius 3 is 2.30 bits per heavy atom. The van der Waals surface area contributed by atoms with Gasteiger partial charge in [-0.3, -0.25) is 0 Å². The second-order valence-electron chi connectivity index (χ2n) is 4.56. The van der Waals surface area contributed by atoms with Crippen molar-refractivity contribution in [1.29, 1.82) is 0 Å². The molecule has 124 valence electrons. The molecule has 1 aromatic heterocycles. The smallest absolute Gasteiger partial charge is 0.389 e. The maximum Gasteiger partial charge on any atom is 0.389 e. The summed E-state index contributed by atoms with van der Waals surface area (Å²) in [4.78, 5) is 19.3. The van der Waals surface area contributed by atoms with Crippen LogP contribution in [0.5, 0.6) is 5.75 Å². The number of nitro groups is 1. The molecule has 0 fully saturated rings. The Labute approximate surface area is 130 Å². The molecule has 2 aromatic rings. The number of hydrogen-bond donors (Lipinski definition) is 0. The van der Waals surface area contributed by atoms with Gasteiger partial charge in [-0.15, -0.1) is 0 Å². The number of hydrogen-bond acceptors (Lipinski definition) is 5. The zero-order valence-corrected chi connectivity index (χ0v) is 12.5. The van der Waals surface area contributed by atoms with E-state index >= 15 is 0 Å². The number of ether oxygens (including phenoxy) is 1. The van der Waals surface area contributed by atoms with Crippen LogP contribution in [0.25, 0.3) is 0 Å². The van der Waals surface area contributed by atoms with Gasteiger partial charge in [-0.2, -0.15) is 13.5 Å². The van der Waals surface area contributed by atoms with Gasteiger partial charge in [0, 0.05) is 0 Å². The van der Waals surface area contributed by atoms with Crippen LogP contribution in [0.1, 0.15) is 19.4 Å². The standard InChI is InChI=1S/C11H9F2N3O3.C3H6O/c12-11(13)19-9-3-1-8(2-4-9)7-15-6-5-10(14-15)16(17)18;1-3(2)4/h1-6,11H,7H2;1-2H3. The molecule has 2 rings (SSSR count). The van der Waals surface area contributed by atoms with Gasteiger partial charge in [-0.25, -0.2) is 0 Å². The highest BCUT2D eigenvalue weighted by Gasteiger charge is 2.11. The number of aromatic nitrogens is 2. The lowest BCUT2D eigenvalue weighted by Crippen LogP contribution is -2.03. The predicted molar refractivity (Wildman–Crippen MR) is 77.4 cm³/mol. The molecular formula is C14H15F2N3O4. The molecule has 0 radical (unpaired) electrons. The van der Waals surface area contributed by atoms with Crippen LogP contribution in [0.3, 0.4) is 0 Å². The minimum atomic E-state index is -2.86. The highest BCUT2D eigenvalue weighted by Crippen LogP contribution is 2.16. The topological polar surface area (TPSA) is 87.3 Å². The van der Waals surface area contributed by atoms with E-state index in [1.807, 2.05) is 0 Å². The molecule has 0 bridgehead atoms. The first-order valence-corrected chi connectivity index (χ1v) is 6.46. The molecule has 7 nitrogen and oxygen atoms in total. The van der Waals surface area contributed by atoms with Crippen molar-refractivity contribution in [3.05, 3.63) is 52.2 Å². The lowest BCUT2D eigenvalue weighted by Gasteiger charge is -2.04. The molecule has 0 aliphatic rings. The summed E-state index contributed by atoms with van der Waals surface area (Å²) in [5.74, 6) is -0.0113. The van der Waals surface area contributed by atoms with E-state index in [-0.39, 0.29) is 17.4 Å². The number of carbonyl (C=O) groups is 1. The van der Waals surface area contributed by atoms with Gasteiger partial charge in [0.05, 0.1) is 23.9 Å². The van der Waals surface area contributed by atoms with Crippen molar-refractivity contribution in [2.24, 2.45) is 0 Å². The van der Waals surface area contributed by atoms with E-state index in [1.165, 1.54) is 42.9 Å². The van der Waals surface area contributed by atoms with Crippen LogP contribution >= 0.6 is 0 Å².